The third kappa shape index (κ3) is 3.13. The van der Waals surface area contributed by atoms with Gasteiger partial charge in [-0.05, 0) is 25.1 Å². The summed E-state index contributed by atoms with van der Waals surface area (Å²) in [6, 6.07) is 32.4. The highest BCUT2D eigenvalue weighted by molar-refractivity contribution is 6.09. The van der Waals surface area contributed by atoms with E-state index in [1.165, 1.54) is 0 Å². The van der Waals surface area contributed by atoms with Crippen LogP contribution >= 0.6 is 0 Å². The molecular weight excluding hydrogens is 394 g/mol. The maximum atomic E-state index is 6.25. The quantitative estimate of drug-likeness (QED) is 0.311. The lowest BCUT2D eigenvalue weighted by Gasteiger charge is -2.09. The van der Waals surface area contributed by atoms with E-state index >= 15 is 0 Å². The Kier molecular flexibility index (Phi) is 4.29. The van der Waals surface area contributed by atoms with Crippen molar-refractivity contribution in [1.82, 2.24) is 15.0 Å². The second kappa shape index (κ2) is 7.43. The van der Waals surface area contributed by atoms with Crippen LogP contribution in [0.4, 0.5) is 0 Å². The van der Waals surface area contributed by atoms with Crippen molar-refractivity contribution in [2.75, 3.05) is 0 Å². The van der Waals surface area contributed by atoms with E-state index in [2.05, 4.69) is 31.2 Å². The van der Waals surface area contributed by atoms with Crippen molar-refractivity contribution < 1.29 is 4.42 Å². The van der Waals surface area contributed by atoms with Gasteiger partial charge in [0.15, 0.2) is 17.5 Å². The summed E-state index contributed by atoms with van der Waals surface area (Å²) in [7, 11) is 0. The van der Waals surface area contributed by atoms with Gasteiger partial charge in [-0.3, -0.25) is 0 Å². The smallest absolute Gasteiger partial charge is 0.167 e. The van der Waals surface area contributed by atoms with E-state index in [1.54, 1.807) is 0 Å². The van der Waals surface area contributed by atoms with Gasteiger partial charge in [-0.25, -0.2) is 15.0 Å². The van der Waals surface area contributed by atoms with Gasteiger partial charge < -0.3 is 4.42 Å². The summed E-state index contributed by atoms with van der Waals surface area (Å²) in [5, 5.41) is 2.14. The number of benzene rings is 4. The van der Waals surface area contributed by atoms with Gasteiger partial charge in [0.25, 0.3) is 0 Å². The van der Waals surface area contributed by atoms with Gasteiger partial charge >= 0.3 is 0 Å². The number of hydrogen-bond acceptors (Lipinski definition) is 4. The molecule has 0 aliphatic rings. The summed E-state index contributed by atoms with van der Waals surface area (Å²) in [6.45, 7) is 2.07. The molecule has 4 aromatic carbocycles. The average Bonchev–Trinajstić information content (AvgIpc) is 3.23. The van der Waals surface area contributed by atoms with E-state index in [-0.39, 0.29) is 0 Å². The molecule has 2 heterocycles. The number of hydrogen-bond donors (Lipinski definition) is 0. The summed E-state index contributed by atoms with van der Waals surface area (Å²) in [6.07, 6.45) is 0. The minimum Gasteiger partial charge on any atom is -0.455 e. The Balaban J connectivity index is 1.63. The summed E-state index contributed by atoms with van der Waals surface area (Å²) < 4.78 is 6.25. The molecule has 0 spiro atoms. The van der Waals surface area contributed by atoms with Gasteiger partial charge in [0.2, 0.25) is 0 Å². The second-order valence-electron chi connectivity index (χ2n) is 7.82. The molecule has 152 valence electrons. The highest BCUT2D eigenvalue weighted by Crippen LogP contribution is 2.35. The number of aryl methyl sites for hydroxylation is 1. The molecule has 0 atom stereocenters. The van der Waals surface area contributed by atoms with E-state index in [1.807, 2.05) is 72.8 Å². The van der Waals surface area contributed by atoms with Gasteiger partial charge in [-0.15, -0.1) is 0 Å². The molecule has 0 amide bonds. The number of fused-ring (bicyclic) bond motifs is 3. The standard InChI is InChI=1S/C28H19N3O/c1-18-9-7-12-20(17-18)27-29-26(19-10-3-2-4-11-19)30-28(31-27)23-15-8-14-22-21-13-5-6-16-24(21)32-25(22)23/h2-17H,1H3. The Labute approximate surface area is 185 Å². The first-order valence-electron chi connectivity index (χ1n) is 10.6. The minimum absolute atomic E-state index is 0.597. The van der Waals surface area contributed by atoms with Crippen molar-refractivity contribution >= 4 is 21.9 Å². The molecule has 32 heavy (non-hydrogen) atoms. The molecule has 0 N–H and O–H groups in total. The van der Waals surface area contributed by atoms with Gasteiger partial charge in [0.1, 0.15) is 11.2 Å². The Morgan fingerprint density at radius 1 is 0.562 bits per heavy atom. The molecule has 0 bridgehead atoms. The van der Waals surface area contributed by atoms with Crippen molar-refractivity contribution in [2.45, 2.75) is 6.92 Å². The fourth-order valence-electron chi connectivity index (χ4n) is 4.05. The molecule has 4 heteroatoms. The third-order valence-electron chi connectivity index (χ3n) is 5.59. The van der Waals surface area contributed by atoms with Crippen LogP contribution in [0.5, 0.6) is 0 Å². The lowest BCUT2D eigenvalue weighted by Crippen LogP contribution is -2.00. The molecule has 0 fully saturated rings. The number of nitrogens with zero attached hydrogens (tertiary/aromatic N) is 3. The molecule has 6 aromatic rings. The molecule has 0 aliphatic heterocycles. The van der Waals surface area contributed by atoms with Crippen molar-refractivity contribution in [3.63, 3.8) is 0 Å². The first kappa shape index (κ1) is 18.5. The lowest BCUT2D eigenvalue weighted by atomic mass is 10.1. The Hall–Kier alpha value is -4.31. The summed E-state index contributed by atoms with van der Waals surface area (Å²) in [5.74, 6) is 1.88. The minimum atomic E-state index is 0.597. The van der Waals surface area contributed by atoms with E-state index in [9.17, 15) is 0 Å². The monoisotopic (exact) mass is 413 g/mol. The zero-order valence-electron chi connectivity index (χ0n) is 17.5. The normalized spacial score (nSPS) is 11.3. The van der Waals surface area contributed by atoms with Crippen LogP contribution in [0.1, 0.15) is 5.56 Å². The van der Waals surface area contributed by atoms with Crippen LogP contribution in [-0.2, 0) is 0 Å². The summed E-state index contributed by atoms with van der Waals surface area (Å²) >= 11 is 0. The van der Waals surface area contributed by atoms with Crippen LogP contribution in [0.15, 0.2) is 101 Å². The van der Waals surface area contributed by atoms with Crippen LogP contribution in [-0.4, -0.2) is 15.0 Å². The topological polar surface area (TPSA) is 51.8 Å². The van der Waals surface area contributed by atoms with Crippen molar-refractivity contribution in [3.8, 4) is 34.2 Å². The van der Waals surface area contributed by atoms with E-state index in [0.29, 0.717) is 17.5 Å². The Morgan fingerprint density at radius 2 is 1.22 bits per heavy atom. The predicted octanol–water partition coefficient (Wildman–Crippen LogP) is 7.08. The van der Waals surface area contributed by atoms with E-state index < -0.39 is 0 Å². The van der Waals surface area contributed by atoms with E-state index in [4.69, 9.17) is 19.4 Å². The highest BCUT2D eigenvalue weighted by atomic mass is 16.3. The molecule has 0 saturated heterocycles. The number of aromatic nitrogens is 3. The largest absolute Gasteiger partial charge is 0.455 e. The number of rotatable bonds is 3. The zero-order chi connectivity index (χ0) is 21.5. The third-order valence-corrected chi connectivity index (χ3v) is 5.59. The van der Waals surface area contributed by atoms with Crippen LogP contribution in [0, 0.1) is 6.92 Å². The van der Waals surface area contributed by atoms with Gasteiger partial charge in [-0.1, -0.05) is 84.4 Å². The number of furan rings is 1. The molecule has 0 aliphatic carbocycles. The average molecular weight is 413 g/mol. The zero-order valence-corrected chi connectivity index (χ0v) is 17.5. The van der Waals surface area contributed by atoms with Crippen LogP contribution in [0.25, 0.3) is 56.1 Å². The van der Waals surface area contributed by atoms with Crippen LogP contribution in [0.3, 0.4) is 0 Å². The highest BCUT2D eigenvalue weighted by Gasteiger charge is 2.17. The van der Waals surface area contributed by atoms with Gasteiger partial charge in [0, 0.05) is 21.9 Å². The SMILES string of the molecule is Cc1cccc(-c2nc(-c3ccccc3)nc(-c3cccc4c3oc3ccccc34)n2)c1. The van der Waals surface area contributed by atoms with Crippen LogP contribution in [0.2, 0.25) is 0 Å². The first-order valence-corrected chi connectivity index (χ1v) is 10.6. The predicted molar refractivity (Wildman–Crippen MR) is 128 cm³/mol. The fourth-order valence-corrected chi connectivity index (χ4v) is 4.05. The molecule has 0 radical (unpaired) electrons. The lowest BCUT2D eigenvalue weighted by molar-refractivity contribution is 0.669. The molecule has 0 unspecified atom stereocenters. The summed E-state index contributed by atoms with van der Waals surface area (Å²) in [4.78, 5) is 14.5. The van der Waals surface area contributed by atoms with Crippen molar-refractivity contribution in [1.29, 1.82) is 0 Å². The van der Waals surface area contributed by atoms with Crippen molar-refractivity contribution in [3.05, 3.63) is 103 Å². The van der Waals surface area contributed by atoms with Crippen LogP contribution < -0.4 is 0 Å². The second-order valence-corrected chi connectivity index (χ2v) is 7.82. The molecule has 4 nitrogen and oxygen atoms in total. The fraction of sp³-hybridized carbons (Fsp3) is 0.0357. The Bertz CT molecular complexity index is 1590. The molecular formula is C28H19N3O. The maximum Gasteiger partial charge on any atom is 0.167 e. The maximum absolute atomic E-state index is 6.25. The van der Waals surface area contributed by atoms with Gasteiger partial charge in [-0.2, -0.15) is 0 Å². The Morgan fingerprint density at radius 3 is 2.06 bits per heavy atom. The molecule has 0 saturated carbocycles. The van der Waals surface area contributed by atoms with E-state index in [0.717, 1.165) is 44.2 Å². The first-order chi connectivity index (χ1) is 15.8. The van der Waals surface area contributed by atoms with Crippen molar-refractivity contribution in [2.24, 2.45) is 0 Å². The summed E-state index contributed by atoms with van der Waals surface area (Å²) in [5.41, 5.74) is 5.56. The molecule has 2 aromatic heterocycles. The van der Waals surface area contributed by atoms with Gasteiger partial charge in [0.05, 0.1) is 5.56 Å². The molecule has 6 rings (SSSR count). The number of para-hydroxylation sites is 2.